The van der Waals surface area contributed by atoms with Gasteiger partial charge in [-0.15, -0.1) is 0 Å². The summed E-state index contributed by atoms with van der Waals surface area (Å²) in [5, 5.41) is 14.4. The lowest BCUT2D eigenvalue weighted by molar-refractivity contribution is -0.138. The third-order valence-corrected chi connectivity index (χ3v) is 6.57. The first-order valence-corrected chi connectivity index (χ1v) is 11.9. The highest BCUT2D eigenvalue weighted by atomic mass is 16.5. The van der Waals surface area contributed by atoms with Crippen LogP contribution in [0.4, 0.5) is 4.79 Å². The Kier molecular flexibility index (Phi) is 8.68. The molecule has 0 bridgehead atoms. The number of amides is 2. The van der Waals surface area contributed by atoms with Crippen molar-refractivity contribution in [3.63, 3.8) is 0 Å². The number of carbonyl (C=O) groups excluding carboxylic acids is 2. The first-order chi connectivity index (χ1) is 16.3. The van der Waals surface area contributed by atoms with Crippen molar-refractivity contribution in [1.29, 1.82) is 0 Å². The Hall–Kier alpha value is -3.35. The number of rotatable bonds is 11. The fraction of sp³-hybridized carbons (Fsp3) is 0.444. The SMILES string of the molecule is CC[C@H](C)[C@H](NC(=O)OCC1c2ccccc2-c2ccccc21)C(=O)NCCC(C)CC(=O)O. The van der Waals surface area contributed by atoms with Crippen LogP contribution in [0.15, 0.2) is 48.5 Å². The molecule has 7 nitrogen and oxygen atoms in total. The minimum absolute atomic E-state index is 0.0464. The number of nitrogens with one attached hydrogen (secondary N) is 2. The van der Waals surface area contributed by atoms with Gasteiger partial charge < -0.3 is 20.5 Å². The molecule has 2 aromatic rings. The predicted octanol–water partition coefficient (Wildman–Crippen LogP) is 4.56. The number of carbonyl (C=O) groups is 3. The van der Waals surface area contributed by atoms with E-state index in [9.17, 15) is 14.4 Å². The van der Waals surface area contributed by atoms with E-state index in [1.165, 1.54) is 0 Å². The second kappa shape index (κ2) is 11.7. The molecule has 2 amide bonds. The Labute approximate surface area is 200 Å². The van der Waals surface area contributed by atoms with Crippen LogP contribution in [-0.2, 0) is 14.3 Å². The molecule has 1 unspecified atom stereocenters. The second-order valence-electron chi connectivity index (χ2n) is 9.12. The first kappa shape index (κ1) is 25.3. The Morgan fingerprint density at radius 2 is 1.59 bits per heavy atom. The molecule has 3 rings (SSSR count). The molecule has 0 saturated heterocycles. The summed E-state index contributed by atoms with van der Waals surface area (Å²) in [6.45, 7) is 6.23. The molecule has 0 aliphatic heterocycles. The third-order valence-electron chi connectivity index (χ3n) is 6.57. The van der Waals surface area contributed by atoms with Crippen molar-refractivity contribution in [3.8, 4) is 11.1 Å². The zero-order valence-corrected chi connectivity index (χ0v) is 20.0. The molecular weight excluding hydrogens is 432 g/mol. The molecule has 3 N–H and O–H groups in total. The van der Waals surface area contributed by atoms with Crippen LogP contribution in [0, 0.1) is 11.8 Å². The lowest BCUT2D eigenvalue weighted by Crippen LogP contribution is -2.50. The summed E-state index contributed by atoms with van der Waals surface area (Å²) in [7, 11) is 0. The topological polar surface area (TPSA) is 105 Å². The fourth-order valence-electron chi connectivity index (χ4n) is 4.42. The van der Waals surface area contributed by atoms with Crippen molar-refractivity contribution in [3.05, 3.63) is 59.7 Å². The predicted molar refractivity (Wildman–Crippen MR) is 130 cm³/mol. The van der Waals surface area contributed by atoms with Crippen molar-refractivity contribution in [2.75, 3.05) is 13.2 Å². The van der Waals surface area contributed by atoms with Gasteiger partial charge in [0.1, 0.15) is 12.6 Å². The van der Waals surface area contributed by atoms with Crippen LogP contribution in [0.25, 0.3) is 11.1 Å². The van der Waals surface area contributed by atoms with Gasteiger partial charge >= 0.3 is 12.1 Å². The van der Waals surface area contributed by atoms with E-state index in [-0.39, 0.29) is 36.7 Å². The van der Waals surface area contributed by atoms with Crippen molar-refractivity contribution >= 4 is 18.0 Å². The van der Waals surface area contributed by atoms with Crippen LogP contribution in [0.1, 0.15) is 57.1 Å². The summed E-state index contributed by atoms with van der Waals surface area (Å²) in [4.78, 5) is 36.3. The molecule has 182 valence electrons. The number of carboxylic acids is 1. The molecule has 0 saturated carbocycles. The monoisotopic (exact) mass is 466 g/mol. The van der Waals surface area contributed by atoms with Gasteiger partial charge in [-0.1, -0.05) is 75.7 Å². The minimum atomic E-state index is -0.853. The molecule has 34 heavy (non-hydrogen) atoms. The molecule has 2 aromatic carbocycles. The number of hydrogen-bond donors (Lipinski definition) is 3. The number of fused-ring (bicyclic) bond motifs is 3. The smallest absolute Gasteiger partial charge is 0.407 e. The molecule has 0 radical (unpaired) electrons. The average molecular weight is 467 g/mol. The van der Waals surface area contributed by atoms with Gasteiger partial charge in [-0.05, 0) is 40.5 Å². The summed E-state index contributed by atoms with van der Waals surface area (Å²) in [5.74, 6) is -1.32. The summed E-state index contributed by atoms with van der Waals surface area (Å²) in [6.07, 6.45) is 0.692. The highest BCUT2D eigenvalue weighted by Crippen LogP contribution is 2.44. The molecule has 1 aliphatic rings. The average Bonchev–Trinajstić information content (AvgIpc) is 3.14. The van der Waals surface area contributed by atoms with Crippen molar-refractivity contribution < 1.29 is 24.2 Å². The Morgan fingerprint density at radius 1 is 1.00 bits per heavy atom. The van der Waals surface area contributed by atoms with Gasteiger partial charge in [0.2, 0.25) is 5.91 Å². The van der Waals surface area contributed by atoms with E-state index in [4.69, 9.17) is 9.84 Å². The molecule has 7 heteroatoms. The van der Waals surface area contributed by atoms with Crippen LogP contribution >= 0.6 is 0 Å². The van der Waals surface area contributed by atoms with Gasteiger partial charge in [-0.3, -0.25) is 9.59 Å². The lowest BCUT2D eigenvalue weighted by atomic mass is 9.98. The first-order valence-electron chi connectivity index (χ1n) is 11.9. The van der Waals surface area contributed by atoms with Crippen LogP contribution in [0.2, 0.25) is 0 Å². The van der Waals surface area contributed by atoms with E-state index >= 15 is 0 Å². The lowest BCUT2D eigenvalue weighted by Gasteiger charge is -2.24. The molecule has 0 heterocycles. The highest BCUT2D eigenvalue weighted by Gasteiger charge is 2.30. The van der Waals surface area contributed by atoms with Crippen molar-refractivity contribution in [2.45, 2.75) is 52.0 Å². The van der Waals surface area contributed by atoms with E-state index < -0.39 is 18.1 Å². The normalized spacial score (nSPS) is 14.9. The van der Waals surface area contributed by atoms with Gasteiger partial charge in [0.15, 0.2) is 0 Å². The number of ether oxygens (including phenoxy) is 1. The Morgan fingerprint density at radius 3 is 2.15 bits per heavy atom. The summed E-state index contributed by atoms with van der Waals surface area (Å²) >= 11 is 0. The van der Waals surface area contributed by atoms with E-state index in [1.54, 1.807) is 0 Å². The van der Waals surface area contributed by atoms with Crippen LogP contribution in [0.3, 0.4) is 0 Å². The highest BCUT2D eigenvalue weighted by molar-refractivity contribution is 5.86. The van der Waals surface area contributed by atoms with Gasteiger partial charge in [-0.25, -0.2) is 4.79 Å². The largest absolute Gasteiger partial charge is 0.481 e. The van der Waals surface area contributed by atoms with Gasteiger partial charge in [-0.2, -0.15) is 0 Å². The van der Waals surface area contributed by atoms with E-state index in [2.05, 4.69) is 34.9 Å². The summed E-state index contributed by atoms with van der Waals surface area (Å²) in [5.41, 5.74) is 4.56. The van der Waals surface area contributed by atoms with Gasteiger partial charge in [0.25, 0.3) is 0 Å². The summed E-state index contributed by atoms with van der Waals surface area (Å²) in [6, 6.07) is 15.5. The maximum atomic E-state index is 12.8. The molecule has 3 atom stereocenters. The van der Waals surface area contributed by atoms with Crippen molar-refractivity contribution in [1.82, 2.24) is 10.6 Å². The number of carboxylic acid groups (broad SMARTS) is 1. The van der Waals surface area contributed by atoms with E-state index in [1.807, 2.05) is 45.0 Å². The van der Waals surface area contributed by atoms with E-state index in [0.29, 0.717) is 19.4 Å². The number of aliphatic carboxylic acids is 1. The zero-order chi connectivity index (χ0) is 24.7. The molecular formula is C27H34N2O5. The minimum Gasteiger partial charge on any atom is -0.481 e. The zero-order valence-electron chi connectivity index (χ0n) is 20.0. The standard InChI is InChI=1S/C27H34N2O5/c1-4-18(3)25(26(32)28-14-13-17(2)15-24(30)31)29-27(33)34-16-23-21-11-7-5-9-19(21)20-10-6-8-12-22(20)23/h5-12,17-18,23,25H,4,13-16H2,1-3H3,(H,28,32)(H,29,33)(H,30,31)/t17?,18-,25-/m0/s1. The van der Waals surface area contributed by atoms with Crippen molar-refractivity contribution in [2.24, 2.45) is 11.8 Å². The van der Waals surface area contributed by atoms with E-state index in [0.717, 1.165) is 22.3 Å². The van der Waals surface area contributed by atoms with Gasteiger partial charge in [0.05, 0.1) is 0 Å². The third kappa shape index (κ3) is 6.16. The molecule has 0 spiro atoms. The van der Waals surface area contributed by atoms with Crippen LogP contribution in [0.5, 0.6) is 0 Å². The second-order valence-corrected chi connectivity index (χ2v) is 9.12. The molecule has 0 fully saturated rings. The quantitative estimate of drug-likeness (QED) is 0.450. The molecule has 0 aromatic heterocycles. The van der Waals surface area contributed by atoms with Crippen LogP contribution in [-0.4, -0.2) is 42.3 Å². The van der Waals surface area contributed by atoms with Gasteiger partial charge in [0, 0.05) is 18.9 Å². The maximum Gasteiger partial charge on any atom is 0.407 e. The summed E-state index contributed by atoms with van der Waals surface area (Å²) < 4.78 is 5.61. The van der Waals surface area contributed by atoms with Crippen LogP contribution < -0.4 is 10.6 Å². The molecule has 1 aliphatic carbocycles. The fourth-order valence-corrected chi connectivity index (χ4v) is 4.42. The Bertz CT molecular complexity index is 976. The number of benzene rings is 2. The number of alkyl carbamates (subject to hydrolysis) is 1. The number of hydrogen-bond acceptors (Lipinski definition) is 4. The Balaban J connectivity index is 1.58. The maximum absolute atomic E-state index is 12.8.